The molecule has 2 heteroatoms. The minimum atomic E-state index is -0.410. The number of halogens is 1. The highest BCUT2D eigenvalue weighted by atomic mass is 32.2. The van der Waals surface area contributed by atoms with E-state index in [0.29, 0.717) is 17.1 Å². The van der Waals surface area contributed by atoms with Gasteiger partial charge in [-0.2, -0.15) is 11.8 Å². The smallest absolute Gasteiger partial charge is 0.107 e. The SMILES string of the molecule is CS[C@@H]1[C@@H]2C[C@H]3[C@H]([C@@H]2F)[C@@H]31. The molecule has 0 amide bonds. The minimum Gasteiger partial charge on any atom is -0.247 e. The van der Waals surface area contributed by atoms with Crippen LogP contribution in [0.5, 0.6) is 0 Å². The van der Waals surface area contributed by atoms with Crippen molar-refractivity contribution in [2.24, 2.45) is 23.7 Å². The first-order chi connectivity index (χ1) is 4.84. The van der Waals surface area contributed by atoms with Crippen molar-refractivity contribution >= 4 is 11.8 Å². The van der Waals surface area contributed by atoms with Crippen LogP contribution in [0.1, 0.15) is 6.42 Å². The number of alkyl halides is 1. The molecule has 4 aliphatic carbocycles. The van der Waals surface area contributed by atoms with Crippen LogP contribution >= 0.6 is 11.8 Å². The lowest BCUT2D eigenvalue weighted by atomic mass is 10.1. The standard InChI is InChI=1S/C8H11FS/c1-10-8-4-2-3-5(6(3)8)7(4)9/h3-8H,2H2,1H3/t3-,4+,5-,6+,7+,8+/m0/s1. The molecule has 4 aliphatic rings. The number of hydrogen-bond acceptors (Lipinski definition) is 1. The van der Waals surface area contributed by atoms with Crippen molar-refractivity contribution in [2.45, 2.75) is 17.8 Å². The predicted molar refractivity (Wildman–Crippen MR) is 40.8 cm³/mol. The molecule has 4 saturated carbocycles. The van der Waals surface area contributed by atoms with Crippen LogP contribution in [0.25, 0.3) is 0 Å². The fourth-order valence-corrected chi connectivity index (χ4v) is 4.62. The van der Waals surface area contributed by atoms with Gasteiger partial charge in [-0.15, -0.1) is 0 Å². The maximum Gasteiger partial charge on any atom is 0.107 e. The van der Waals surface area contributed by atoms with Crippen LogP contribution in [0.15, 0.2) is 0 Å². The molecule has 0 aromatic carbocycles. The zero-order valence-electron chi connectivity index (χ0n) is 5.96. The minimum absolute atomic E-state index is 0.410. The molecule has 10 heavy (non-hydrogen) atoms. The van der Waals surface area contributed by atoms with E-state index in [9.17, 15) is 4.39 Å². The Labute approximate surface area is 64.6 Å². The summed E-state index contributed by atoms with van der Waals surface area (Å²) in [6.45, 7) is 0. The van der Waals surface area contributed by atoms with Gasteiger partial charge in [-0.05, 0) is 30.4 Å². The summed E-state index contributed by atoms with van der Waals surface area (Å²) in [7, 11) is 0. The van der Waals surface area contributed by atoms with E-state index in [0.717, 1.165) is 11.8 Å². The summed E-state index contributed by atoms with van der Waals surface area (Å²) in [4.78, 5) is 0. The van der Waals surface area contributed by atoms with Crippen molar-refractivity contribution in [1.29, 1.82) is 0 Å². The van der Waals surface area contributed by atoms with Gasteiger partial charge in [-0.25, -0.2) is 4.39 Å². The van der Waals surface area contributed by atoms with Gasteiger partial charge in [0.2, 0.25) is 0 Å². The Morgan fingerprint density at radius 2 is 2.10 bits per heavy atom. The van der Waals surface area contributed by atoms with Crippen LogP contribution in [-0.2, 0) is 0 Å². The summed E-state index contributed by atoms with van der Waals surface area (Å²) >= 11 is 1.90. The van der Waals surface area contributed by atoms with Gasteiger partial charge in [0.25, 0.3) is 0 Å². The summed E-state index contributed by atoms with van der Waals surface area (Å²) in [5, 5.41) is 0.699. The molecule has 0 unspecified atom stereocenters. The van der Waals surface area contributed by atoms with Gasteiger partial charge in [0.05, 0.1) is 0 Å². The van der Waals surface area contributed by atoms with E-state index in [2.05, 4.69) is 6.26 Å². The molecule has 0 spiro atoms. The first kappa shape index (κ1) is 5.87. The Kier molecular flexibility index (Phi) is 0.908. The van der Waals surface area contributed by atoms with Crippen molar-refractivity contribution in [1.82, 2.24) is 0 Å². The van der Waals surface area contributed by atoms with E-state index in [1.807, 2.05) is 11.8 Å². The highest BCUT2D eigenvalue weighted by Gasteiger charge is 2.73. The molecule has 0 aromatic rings. The zero-order valence-corrected chi connectivity index (χ0v) is 6.77. The molecule has 0 radical (unpaired) electrons. The molecule has 4 fully saturated rings. The molecule has 0 heterocycles. The Bertz CT molecular complexity index is 182. The molecule has 4 bridgehead atoms. The third-order valence-corrected chi connectivity index (χ3v) is 4.90. The summed E-state index contributed by atoms with van der Waals surface area (Å²) in [6.07, 6.45) is 2.93. The van der Waals surface area contributed by atoms with E-state index >= 15 is 0 Å². The van der Waals surface area contributed by atoms with E-state index < -0.39 is 6.17 Å². The fourth-order valence-electron chi connectivity index (χ4n) is 3.32. The van der Waals surface area contributed by atoms with E-state index in [4.69, 9.17) is 0 Å². The van der Waals surface area contributed by atoms with E-state index in [1.165, 1.54) is 6.42 Å². The third-order valence-electron chi connectivity index (χ3n) is 3.69. The average molecular weight is 158 g/mol. The van der Waals surface area contributed by atoms with Crippen molar-refractivity contribution < 1.29 is 4.39 Å². The largest absolute Gasteiger partial charge is 0.247 e. The molecule has 0 saturated heterocycles. The molecule has 0 N–H and O–H groups in total. The van der Waals surface area contributed by atoms with Gasteiger partial charge < -0.3 is 0 Å². The third kappa shape index (κ3) is 0.421. The van der Waals surface area contributed by atoms with Gasteiger partial charge in [0.15, 0.2) is 0 Å². The van der Waals surface area contributed by atoms with Crippen LogP contribution in [0.3, 0.4) is 0 Å². The molecular formula is C8H11FS. The van der Waals surface area contributed by atoms with Crippen molar-refractivity contribution in [2.75, 3.05) is 6.26 Å². The number of thioether (sulfide) groups is 1. The van der Waals surface area contributed by atoms with Gasteiger partial charge in [-0.3, -0.25) is 0 Å². The van der Waals surface area contributed by atoms with Gasteiger partial charge in [0.1, 0.15) is 6.17 Å². The van der Waals surface area contributed by atoms with E-state index in [-0.39, 0.29) is 0 Å². The second-order valence-corrected chi connectivity index (χ2v) is 4.88. The predicted octanol–water partition coefficient (Wildman–Crippen LogP) is 1.95. The molecule has 0 aromatic heterocycles. The molecular weight excluding hydrogens is 147 g/mol. The average Bonchev–Trinajstić information content (AvgIpc) is 2.29. The number of rotatable bonds is 1. The Balaban J connectivity index is 1.95. The van der Waals surface area contributed by atoms with E-state index in [1.54, 1.807) is 0 Å². The summed E-state index contributed by atoms with van der Waals surface area (Å²) in [5.41, 5.74) is 0. The van der Waals surface area contributed by atoms with Gasteiger partial charge in [-0.1, -0.05) is 0 Å². The lowest BCUT2D eigenvalue weighted by molar-refractivity contribution is 0.273. The Hall–Kier alpha value is 0.280. The lowest BCUT2D eigenvalue weighted by Crippen LogP contribution is -2.13. The van der Waals surface area contributed by atoms with Crippen molar-refractivity contribution in [3.63, 3.8) is 0 Å². The van der Waals surface area contributed by atoms with Crippen LogP contribution in [0, 0.1) is 23.7 Å². The Morgan fingerprint density at radius 3 is 2.30 bits per heavy atom. The second kappa shape index (κ2) is 1.55. The molecule has 0 aliphatic heterocycles. The number of hydrogen-bond donors (Lipinski definition) is 0. The molecule has 56 valence electrons. The first-order valence-electron chi connectivity index (χ1n) is 4.01. The summed E-state index contributed by atoms with van der Waals surface area (Å²) in [6, 6.07) is 0. The van der Waals surface area contributed by atoms with Crippen LogP contribution in [-0.4, -0.2) is 17.7 Å². The highest BCUT2D eigenvalue weighted by molar-refractivity contribution is 7.99. The zero-order chi connectivity index (χ0) is 6.88. The van der Waals surface area contributed by atoms with Gasteiger partial charge >= 0.3 is 0 Å². The van der Waals surface area contributed by atoms with Gasteiger partial charge in [0, 0.05) is 11.2 Å². The maximum atomic E-state index is 13.2. The lowest BCUT2D eigenvalue weighted by Gasteiger charge is -2.11. The Morgan fingerprint density at radius 1 is 1.30 bits per heavy atom. The quantitative estimate of drug-likeness (QED) is 0.562. The topological polar surface area (TPSA) is 0 Å². The fraction of sp³-hybridized carbons (Fsp3) is 1.00. The van der Waals surface area contributed by atoms with Crippen molar-refractivity contribution in [3.8, 4) is 0 Å². The molecule has 4 rings (SSSR count). The van der Waals surface area contributed by atoms with Crippen LogP contribution < -0.4 is 0 Å². The van der Waals surface area contributed by atoms with Crippen LogP contribution in [0.2, 0.25) is 0 Å². The molecule has 6 atom stereocenters. The summed E-state index contributed by atoms with van der Waals surface area (Å²) < 4.78 is 13.2. The monoisotopic (exact) mass is 158 g/mol. The van der Waals surface area contributed by atoms with Crippen molar-refractivity contribution in [3.05, 3.63) is 0 Å². The van der Waals surface area contributed by atoms with Crippen LogP contribution in [0.4, 0.5) is 4.39 Å². The summed E-state index contributed by atoms with van der Waals surface area (Å²) in [5.74, 6) is 2.59. The highest BCUT2D eigenvalue weighted by Crippen LogP contribution is 2.73. The maximum absolute atomic E-state index is 13.2. The second-order valence-electron chi connectivity index (χ2n) is 3.86. The normalized spacial score (nSPS) is 69.0. The first-order valence-corrected chi connectivity index (χ1v) is 5.30. The molecule has 0 nitrogen and oxygen atoms in total.